The van der Waals surface area contributed by atoms with Crippen LogP contribution in [0.3, 0.4) is 0 Å². The van der Waals surface area contributed by atoms with Crippen LogP contribution in [0.25, 0.3) is 0 Å². The number of carbonyl (C=O) groups excluding carboxylic acids is 1. The average Bonchev–Trinajstić information content (AvgIpc) is 3.21. The topological polar surface area (TPSA) is 38.1 Å². The van der Waals surface area contributed by atoms with Crippen molar-refractivity contribution in [2.24, 2.45) is 17.8 Å². The summed E-state index contributed by atoms with van der Waals surface area (Å²) in [6, 6.07) is 2.34. The van der Waals surface area contributed by atoms with E-state index in [4.69, 9.17) is 0 Å². The Morgan fingerprint density at radius 3 is 2.90 bits per heavy atom. The van der Waals surface area contributed by atoms with Crippen molar-refractivity contribution in [2.45, 2.75) is 44.6 Å². The molecule has 2 bridgehead atoms. The van der Waals surface area contributed by atoms with Gasteiger partial charge in [-0.2, -0.15) is 5.10 Å². The molecule has 1 saturated heterocycles. The van der Waals surface area contributed by atoms with Gasteiger partial charge in [0.25, 0.3) is 0 Å². The quantitative estimate of drug-likeness (QED) is 0.848. The number of nitrogens with zero attached hydrogens (tertiary/aromatic N) is 3. The van der Waals surface area contributed by atoms with Gasteiger partial charge in [-0.3, -0.25) is 9.48 Å². The first-order valence-corrected chi connectivity index (χ1v) is 8.06. The van der Waals surface area contributed by atoms with Gasteiger partial charge < -0.3 is 4.90 Å². The predicted octanol–water partition coefficient (Wildman–Crippen LogP) is 2.48. The third kappa shape index (κ3) is 2.15. The first kappa shape index (κ1) is 12.4. The van der Waals surface area contributed by atoms with Crippen molar-refractivity contribution >= 4 is 5.91 Å². The van der Waals surface area contributed by atoms with E-state index in [2.05, 4.69) is 10.00 Å². The highest BCUT2D eigenvalue weighted by molar-refractivity contribution is 5.76. The molecule has 0 N–H and O–H groups in total. The maximum atomic E-state index is 12.5. The predicted molar refractivity (Wildman–Crippen MR) is 76.0 cm³/mol. The Kier molecular flexibility index (Phi) is 3.04. The van der Waals surface area contributed by atoms with Crippen molar-refractivity contribution in [1.82, 2.24) is 14.7 Å². The van der Waals surface area contributed by atoms with E-state index in [9.17, 15) is 4.79 Å². The van der Waals surface area contributed by atoms with Crippen molar-refractivity contribution in [3.05, 3.63) is 18.5 Å². The van der Waals surface area contributed by atoms with Gasteiger partial charge in [-0.25, -0.2) is 0 Å². The zero-order valence-corrected chi connectivity index (χ0v) is 11.9. The lowest BCUT2D eigenvalue weighted by Crippen LogP contribution is -2.31. The molecule has 1 aromatic rings. The molecule has 3 aliphatic rings. The Labute approximate surface area is 120 Å². The minimum Gasteiger partial charge on any atom is -0.340 e. The van der Waals surface area contributed by atoms with Crippen molar-refractivity contribution < 1.29 is 4.79 Å². The highest BCUT2D eigenvalue weighted by Gasteiger charge is 2.41. The molecule has 4 atom stereocenters. The van der Waals surface area contributed by atoms with Gasteiger partial charge in [-0.15, -0.1) is 0 Å². The summed E-state index contributed by atoms with van der Waals surface area (Å²) in [4.78, 5) is 14.6. The summed E-state index contributed by atoms with van der Waals surface area (Å²) in [5, 5.41) is 4.31. The van der Waals surface area contributed by atoms with E-state index < -0.39 is 0 Å². The van der Waals surface area contributed by atoms with Crippen LogP contribution < -0.4 is 0 Å². The molecule has 0 radical (unpaired) electrons. The Balaban J connectivity index is 1.33. The lowest BCUT2D eigenvalue weighted by atomic mass is 9.86. The highest BCUT2D eigenvalue weighted by atomic mass is 16.2. The number of likely N-dealkylation sites (tertiary alicyclic amines) is 1. The summed E-state index contributed by atoms with van der Waals surface area (Å²) in [7, 11) is 0. The Bertz CT molecular complexity index is 484. The Morgan fingerprint density at radius 1 is 1.25 bits per heavy atom. The van der Waals surface area contributed by atoms with Gasteiger partial charge in [-0.1, -0.05) is 6.42 Å². The van der Waals surface area contributed by atoms with Gasteiger partial charge in [-0.05, 0) is 49.5 Å². The monoisotopic (exact) mass is 273 g/mol. The second-order valence-corrected chi connectivity index (χ2v) is 6.91. The normalized spacial score (nSPS) is 35.9. The van der Waals surface area contributed by atoms with Gasteiger partial charge in [0.2, 0.25) is 5.91 Å². The molecule has 2 aliphatic carbocycles. The van der Waals surface area contributed by atoms with Crippen LogP contribution in [0.5, 0.6) is 0 Å². The molecular weight excluding hydrogens is 250 g/mol. The van der Waals surface area contributed by atoms with Gasteiger partial charge in [0, 0.05) is 31.9 Å². The number of amides is 1. The van der Waals surface area contributed by atoms with Crippen LogP contribution >= 0.6 is 0 Å². The minimum atomic E-state index is 0.383. The molecule has 2 saturated carbocycles. The molecule has 0 aromatic carbocycles. The number of hydrogen-bond donors (Lipinski definition) is 0. The van der Waals surface area contributed by atoms with Crippen molar-refractivity contribution in [3.8, 4) is 0 Å². The molecular formula is C16H23N3O. The van der Waals surface area contributed by atoms with Crippen molar-refractivity contribution in [1.29, 1.82) is 0 Å². The minimum absolute atomic E-state index is 0.383. The van der Waals surface area contributed by atoms with E-state index in [0.717, 1.165) is 37.8 Å². The fourth-order valence-corrected chi connectivity index (χ4v) is 4.66. The summed E-state index contributed by atoms with van der Waals surface area (Å²) in [6.07, 6.45) is 11.2. The molecule has 1 amide bonds. The molecule has 108 valence electrons. The maximum Gasteiger partial charge on any atom is 0.222 e. The SMILES string of the molecule is O=C(C[C@H]1C[C@H]2CC[C@H]1C2)N1CC[C@@H](n2cccn2)C1. The van der Waals surface area contributed by atoms with E-state index in [0.29, 0.717) is 17.9 Å². The van der Waals surface area contributed by atoms with Gasteiger partial charge in [0.15, 0.2) is 0 Å². The van der Waals surface area contributed by atoms with Gasteiger partial charge in [0.1, 0.15) is 0 Å². The number of fused-ring (bicyclic) bond motifs is 2. The summed E-state index contributed by atoms with van der Waals surface area (Å²) in [5.74, 6) is 2.86. The molecule has 4 heteroatoms. The molecule has 20 heavy (non-hydrogen) atoms. The van der Waals surface area contributed by atoms with E-state index >= 15 is 0 Å². The summed E-state index contributed by atoms with van der Waals surface area (Å²) in [6.45, 7) is 1.76. The molecule has 4 rings (SSSR count). The van der Waals surface area contributed by atoms with Crippen molar-refractivity contribution in [2.75, 3.05) is 13.1 Å². The number of aromatic nitrogens is 2. The molecule has 1 aromatic heterocycles. The van der Waals surface area contributed by atoms with Crippen LogP contribution in [0.15, 0.2) is 18.5 Å². The molecule has 0 unspecified atom stereocenters. The van der Waals surface area contributed by atoms with E-state index in [1.165, 1.54) is 25.7 Å². The zero-order chi connectivity index (χ0) is 13.5. The largest absolute Gasteiger partial charge is 0.340 e. The van der Waals surface area contributed by atoms with Gasteiger partial charge >= 0.3 is 0 Å². The van der Waals surface area contributed by atoms with Crippen LogP contribution in [0.4, 0.5) is 0 Å². The standard InChI is InChI=1S/C16H23N3O/c20-16(10-14-9-12-2-3-13(14)8-12)18-7-4-15(11-18)19-6-1-5-17-19/h1,5-6,12-15H,2-4,7-11H2/t12-,13-,14+,15+/m0/s1. The molecule has 2 heterocycles. The third-order valence-electron chi connectivity index (χ3n) is 5.74. The second kappa shape index (κ2) is 4.90. The number of carbonyl (C=O) groups is 1. The lowest BCUT2D eigenvalue weighted by Gasteiger charge is -2.24. The Hall–Kier alpha value is -1.32. The fourth-order valence-electron chi connectivity index (χ4n) is 4.66. The third-order valence-corrected chi connectivity index (χ3v) is 5.74. The summed E-state index contributed by atoms with van der Waals surface area (Å²) in [5.41, 5.74) is 0. The van der Waals surface area contributed by atoms with Crippen LogP contribution in [0.1, 0.15) is 44.6 Å². The van der Waals surface area contributed by atoms with Crippen LogP contribution in [0.2, 0.25) is 0 Å². The molecule has 0 spiro atoms. The van der Waals surface area contributed by atoms with Crippen LogP contribution in [0, 0.1) is 17.8 Å². The van der Waals surface area contributed by atoms with E-state index in [1.54, 1.807) is 0 Å². The average molecular weight is 273 g/mol. The van der Waals surface area contributed by atoms with Crippen LogP contribution in [-0.4, -0.2) is 33.7 Å². The molecule has 3 fully saturated rings. The van der Waals surface area contributed by atoms with Crippen LogP contribution in [-0.2, 0) is 4.79 Å². The second-order valence-electron chi connectivity index (χ2n) is 6.91. The number of rotatable bonds is 3. The maximum absolute atomic E-state index is 12.5. The zero-order valence-electron chi connectivity index (χ0n) is 11.9. The number of hydrogen-bond acceptors (Lipinski definition) is 2. The van der Waals surface area contributed by atoms with Gasteiger partial charge in [0.05, 0.1) is 6.04 Å². The lowest BCUT2D eigenvalue weighted by molar-refractivity contribution is -0.131. The first-order chi connectivity index (χ1) is 9.79. The Morgan fingerprint density at radius 2 is 2.20 bits per heavy atom. The highest BCUT2D eigenvalue weighted by Crippen LogP contribution is 2.49. The molecule has 4 nitrogen and oxygen atoms in total. The van der Waals surface area contributed by atoms with E-state index in [1.807, 2.05) is 23.1 Å². The molecule has 1 aliphatic heterocycles. The fraction of sp³-hybridized carbons (Fsp3) is 0.750. The first-order valence-electron chi connectivity index (χ1n) is 8.06. The summed E-state index contributed by atoms with van der Waals surface area (Å²) >= 11 is 0. The van der Waals surface area contributed by atoms with Crippen molar-refractivity contribution in [3.63, 3.8) is 0 Å². The smallest absolute Gasteiger partial charge is 0.222 e. The summed E-state index contributed by atoms with van der Waals surface area (Å²) < 4.78 is 2.00. The van der Waals surface area contributed by atoms with E-state index in [-0.39, 0.29) is 0 Å².